The number of hydrogen-bond acceptors (Lipinski definition) is 5. The Hall–Kier alpha value is -2.68. The van der Waals surface area contributed by atoms with Crippen LogP contribution in [-0.2, 0) is 0 Å². The van der Waals surface area contributed by atoms with E-state index in [-0.39, 0.29) is 35.1 Å². The van der Waals surface area contributed by atoms with Gasteiger partial charge in [0.2, 0.25) is 5.43 Å². The van der Waals surface area contributed by atoms with Crippen molar-refractivity contribution in [1.82, 2.24) is 4.57 Å². The van der Waals surface area contributed by atoms with Crippen LogP contribution in [0.25, 0.3) is 10.9 Å². The van der Waals surface area contributed by atoms with Crippen LogP contribution in [0.2, 0.25) is 0 Å². The molecule has 2 aliphatic carbocycles. The predicted molar refractivity (Wildman–Crippen MR) is 109 cm³/mol. The number of carboxylic acids is 1. The van der Waals surface area contributed by atoms with Crippen molar-refractivity contribution in [1.29, 1.82) is 0 Å². The monoisotopic (exact) mass is 418 g/mol. The second-order valence-corrected chi connectivity index (χ2v) is 8.85. The largest absolute Gasteiger partial charge is 0.477 e. The summed E-state index contributed by atoms with van der Waals surface area (Å²) in [4.78, 5) is 25.9. The van der Waals surface area contributed by atoms with E-state index in [4.69, 9.17) is 11.5 Å². The third-order valence-electron chi connectivity index (χ3n) is 7.01. The van der Waals surface area contributed by atoms with E-state index in [2.05, 4.69) is 0 Å². The van der Waals surface area contributed by atoms with Gasteiger partial charge in [0.05, 0.1) is 16.6 Å². The maximum absolute atomic E-state index is 15.8. The highest BCUT2D eigenvalue weighted by molar-refractivity contribution is 5.99. The summed E-state index contributed by atoms with van der Waals surface area (Å²) < 4.78 is 32.6. The highest BCUT2D eigenvalue weighted by Crippen LogP contribution is 2.44. The minimum absolute atomic E-state index is 0.000412. The van der Waals surface area contributed by atoms with Gasteiger partial charge in [0, 0.05) is 31.4 Å². The smallest absolute Gasteiger partial charge is 0.341 e. The van der Waals surface area contributed by atoms with E-state index in [0.29, 0.717) is 13.1 Å². The summed E-state index contributed by atoms with van der Waals surface area (Å²) in [6.07, 6.45) is 5.49. The average molecular weight is 418 g/mol. The lowest BCUT2D eigenvalue weighted by Gasteiger charge is -2.29. The standard InChI is InChI=1S/C21H24F2N4O3/c22-15-17(25)14-18(27(10-4-5-10)8-12(20(14)28)21(29)30)16(23)19(15)26-6-9-2-1-3-13(24)11(9)7-26/h8-11,13H,1-7,24-25H2,(H,29,30)/t9-,11+,13+/m1/s1. The van der Waals surface area contributed by atoms with E-state index < -0.39 is 39.7 Å². The van der Waals surface area contributed by atoms with Gasteiger partial charge in [-0.05, 0) is 37.5 Å². The zero-order valence-corrected chi connectivity index (χ0v) is 16.4. The second-order valence-electron chi connectivity index (χ2n) is 8.85. The molecule has 160 valence electrons. The molecule has 9 heteroatoms. The van der Waals surface area contributed by atoms with Crippen molar-refractivity contribution in [2.75, 3.05) is 23.7 Å². The molecule has 0 amide bonds. The molecule has 1 aromatic carbocycles. The number of benzene rings is 1. The molecule has 3 fully saturated rings. The number of carboxylic acid groups (broad SMARTS) is 1. The summed E-state index contributed by atoms with van der Waals surface area (Å²) in [7, 11) is 0. The van der Waals surface area contributed by atoms with Gasteiger partial charge in [-0.15, -0.1) is 0 Å². The fourth-order valence-corrected chi connectivity index (χ4v) is 5.32. The molecular weight excluding hydrogens is 394 g/mol. The molecule has 0 spiro atoms. The molecule has 2 heterocycles. The molecule has 5 N–H and O–H groups in total. The van der Waals surface area contributed by atoms with E-state index in [0.717, 1.165) is 38.3 Å². The molecule has 0 bridgehead atoms. The third-order valence-corrected chi connectivity index (χ3v) is 7.01. The van der Waals surface area contributed by atoms with Gasteiger partial charge in [0.1, 0.15) is 11.3 Å². The number of nitrogen functional groups attached to an aromatic ring is 1. The Balaban J connectivity index is 1.73. The summed E-state index contributed by atoms with van der Waals surface area (Å²) >= 11 is 0. The Morgan fingerprint density at radius 2 is 1.87 bits per heavy atom. The molecular formula is C21H24F2N4O3. The summed E-state index contributed by atoms with van der Waals surface area (Å²) in [5.41, 5.74) is 9.90. The van der Waals surface area contributed by atoms with E-state index in [1.165, 1.54) is 4.57 Å². The number of hydrogen-bond donors (Lipinski definition) is 3. The summed E-state index contributed by atoms with van der Waals surface area (Å²) in [5.74, 6) is -2.88. The summed E-state index contributed by atoms with van der Waals surface area (Å²) in [6, 6.07) is -0.131. The zero-order chi connectivity index (χ0) is 21.3. The Morgan fingerprint density at radius 3 is 2.50 bits per heavy atom. The Labute approximate surface area is 171 Å². The van der Waals surface area contributed by atoms with Crippen molar-refractivity contribution in [3.05, 3.63) is 33.6 Å². The van der Waals surface area contributed by atoms with Crippen LogP contribution in [0, 0.1) is 23.5 Å². The van der Waals surface area contributed by atoms with Gasteiger partial charge >= 0.3 is 5.97 Å². The minimum atomic E-state index is -1.45. The predicted octanol–water partition coefficient (Wildman–Crippen LogP) is 2.46. The van der Waals surface area contributed by atoms with Crippen molar-refractivity contribution in [3.8, 4) is 0 Å². The first-order valence-corrected chi connectivity index (χ1v) is 10.4. The quantitative estimate of drug-likeness (QED) is 0.660. The lowest BCUT2D eigenvalue weighted by molar-refractivity contribution is 0.0695. The van der Waals surface area contributed by atoms with Gasteiger partial charge < -0.3 is 26.0 Å². The maximum atomic E-state index is 15.8. The second kappa shape index (κ2) is 6.66. The minimum Gasteiger partial charge on any atom is -0.477 e. The van der Waals surface area contributed by atoms with Gasteiger partial charge in [-0.25, -0.2) is 13.6 Å². The van der Waals surface area contributed by atoms with E-state index in [1.54, 1.807) is 4.90 Å². The first-order valence-electron chi connectivity index (χ1n) is 10.4. The van der Waals surface area contributed by atoms with Crippen LogP contribution in [0.4, 0.5) is 20.2 Å². The number of carbonyl (C=O) groups is 1. The highest BCUT2D eigenvalue weighted by Gasteiger charge is 2.41. The molecule has 0 unspecified atom stereocenters. The number of anilines is 2. The van der Waals surface area contributed by atoms with Crippen LogP contribution in [0.5, 0.6) is 0 Å². The Bertz CT molecular complexity index is 1130. The average Bonchev–Trinajstić information content (AvgIpc) is 3.45. The lowest BCUT2D eigenvalue weighted by atomic mass is 9.78. The number of fused-ring (bicyclic) bond motifs is 2. The van der Waals surface area contributed by atoms with Crippen molar-refractivity contribution in [3.63, 3.8) is 0 Å². The normalized spacial score (nSPS) is 26.2. The highest BCUT2D eigenvalue weighted by atomic mass is 19.1. The fraction of sp³-hybridized carbons (Fsp3) is 0.524. The van der Waals surface area contributed by atoms with Crippen molar-refractivity contribution in [2.45, 2.75) is 44.2 Å². The molecule has 2 aromatic rings. The number of halogens is 2. The first kappa shape index (κ1) is 19.3. The maximum Gasteiger partial charge on any atom is 0.341 e. The van der Waals surface area contributed by atoms with Crippen LogP contribution >= 0.6 is 0 Å². The van der Waals surface area contributed by atoms with Crippen molar-refractivity contribution in [2.24, 2.45) is 17.6 Å². The first-order chi connectivity index (χ1) is 14.3. The van der Waals surface area contributed by atoms with Crippen LogP contribution < -0.4 is 21.8 Å². The van der Waals surface area contributed by atoms with Crippen LogP contribution in [0.15, 0.2) is 11.0 Å². The molecule has 3 atom stereocenters. The van der Waals surface area contributed by atoms with Crippen molar-refractivity contribution >= 4 is 28.2 Å². The van der Waals surface area contributed by atoms with Gasteiger partial charge in [0.25, 0.3) is 0 Å². The molecule has 0 radical (unpaired) electrons. The number of aromatic nitrogens is 1. The number of nitrogens with zero attached hydrogens (tertiary/aromatic N) is 2. The lowest BCUT2D eigenvalue weighted by Crippen LogP contribution is -2.38. The molecule has 1 aromatic heterocycles. The molecule has 3 aliphatic rings. The molecule has 7 nitrogen and oxygen atoms in total. The number of aromatic carboxylic acids is 1. The number of nitrogens with two attached hydrogens (primary N) is 2. The Morgan fingerprint density at radius 1 is 1.13 bits per heavy atom. The topological polar surface area (TPSA) is 115 Å². The molecule has 1 aliphatic heterocycles. The molecule has 2 saturated carbocycles. The molecule has 5 rings (SSSR count). The molecule has 1 saturated heterocycles. The van der Waals surface area contributed by atoms with Gasteiger partial charge in [-0.1, -0.05) is 6.42 Å². The van der Waals surface area contributed by atoms with Gasteiger partial charge in [-0.2, -0.15) is 0 Å². The number of rotatable bonds is 3. The fourth-order valence-electron chi connectivity index (χ4n) is 5.32. The summed E-state index contributed by atoms with van der Waals surface area (Å²) in [5, 5.41) is 9.00. The third kappa shape index (κ3) is 2.71. The van der Waals surface area contributed by atoms with Gasteiger partial charge in [-0.3, -0.25) is 4.79 Å². The van der Waals surface area contributed by atoms with Crippen LogP contribution in [0.3, 0.4) is 0 Å². The van der Waals surface area contributed by atoms with E-state index >= 15 is 8.78 Å². The van der Waals surface area contributed by atoms with E-state index in [9.17, 15) is 14.7 Å². The molecule has 30 heavy (non-hydrogen) atoms. The Kier molecular flexibility index (Phi) is 4.29. The zero-order valence-electron chi connectivity index (χ0n) is 16.4. The number of pyridine rings is 1. The van der Waals surface area contributed by atoms with Crippen molar-refractivity contribution < 1.29 is 18.7 Å². The summed E-state index contributed by atoms with van der Waals surface area (Å²) in [6.45, 7) is 0.920. The van der Waals surface area contributed by atoms with Crippen LogP contribution in [0.1, 0.15) is 48.5 Å². The van der Waals surface area contributed by atoms with Gasteiger partial charge in [0.15, 0.2) is 11.6 Å². The SMILES string of the molecule is Nc1c(F)c(N2C[C@H]3CCC[C@H](N)[C@H]3C2)c(F)c2c1c(=O)c(C(=O)O)cn2C1CC1. The van der Waals surface area contributed by atoms with E-state index in [1.807, 2.05) is 0 Å². The van der Waals surface area contributed by atoms with Crippen LogP contribution in [-0.4, -0.2) is 34.8 Å².